The number of nitrogens with zero attached hydrogens (tertiary/aromatic N) is 1. The molecule has 21 heavy (non-hydrogen) atoms. The summed E-state index contributed by atoms with van der Waals surface area (Å²) < 4.78 is 0. The summed E-state index contributed by atoms with van der Waals surface area (Å²) >= 11 is 0. The fourth-order valence-electron chi connectivity index (χ4n) is 2.27. The number of carbonyl (C=O) groups is 1. The zero-order valence-electron chi connectivity index (χ0n) is 14.7. The molecule has 0 aliphatic rings. The molecule has 1 aromatic carbocycles. The van der Waals surface area contributed by atoms with Gasteiger partial charge in [0.1, 0.15) is 5.54 Å². The van der Waals surface area contributed by atoms with E-state index in [0.29, 0.717) is 6.54 Å². The van der Waals surface area contributed by atoms with Crippen LogP contribution in [0.4, 0.5) is 0 Å². The second-order valence-electron chi connectivity index (χ2n) is 7.56. The number of aliphatic carboxylic acids is 1. The Morgan fingerprint density at radius 1 is 1.10 bits per heavy atom. The summed E-state index contributed by atoms with van der Waals surface area (Å²) in [6, 6.07) is 4.45. The van der Waals surface area contributed by atoms with Gasteiger partial charge in [-0.2, -0.15) is 0 Å². The molecular formula is C18H29NO2. The number of hydrogen-bond acceptors (Lipinski definition) is 2. The fourth-order valence-corrected chi connectivity index (χ4v) is 2.27. The monoisotopic (exact) mass is 291 g/mol. The predicted octanol–water partition coefficient (Wildman–Crippen LogP) is 3.90. The first-order chi connectivity index (χ1) is 9.37. The quantitative estimate of drug-likeness (QED) is 0.914. The number of likely N-dealkylation sites (N-methyl/N-ethyl adjacent to an activating group) is 1. The Labute approximate surface area is 129 Å². The van der Waals surface area contributed by atoms with Gasteiger partial charge < -0.3 is 5.11 Å². The van der Waals surface area contributed by atoms with E-state index in [-0.39, 0.29) is 5.41 Å². The molecule has 0 saturated carbocycles. The molecule has 0 fully saturated rings. The molecule has 0 bridgehead atoms. The Balaban J connectivity index is 3.14. The maximum Gasteiger partial charge on any atom is 0.323 e. The number of benzene rings is 1. The Bertz CT molecular complexity index is 516. The molecule has 1 aromatic rings. The molecule has 0 saturated heterocycles. The Kier molecular flexibility index (Phi) is 4.89. The van der Waals surface area contributed by atoms with Gasteiger partial charge in [0.25, 0.3) is 0 Å². The summed E-state index contributed by atoms with van der Waals surface area (Å²) in [4.78, 5) is 13.3. The highest BCUT2D eigenvalue weighted by molar-refractivity contribution is 5.77. The molecule has 3 nitrogen and oxygen atoms in total. The van der Waals surface area contributed by atoms with E-state index >= 15 is 0 Å². The van der Waals surface area contributed by atoms with Crippen LogP contribution in [0.15, 0.2) is 12.1 Å². The van der Waals surface area contributed by atoms with Gasteiger partial charge in [-0.25, -0.2) is 0 Å². The number of aryl methyl sites for hydroxylation is 2. The molecule has 0 radical (unpaired) electrons. The van der Waals surface area contributed by atoms with E-state index in [2.05, 4.69) is 46.8 Å². The van der Waals surface area contributed by atoms with E-state index in [0.717, 1.165) is 0 Å². The van der Waals surface area contributed by atoms with Gasteiger partial charge in [-0.05, 0) is 62.4 Å². The Morgan fingerprint density at radius 3 is 1.86 bits per heavy atom. The summed E-state index contributed by atoms with van der Waals surface area (Å²) in [7, 11) is 1.87. The van der Waals surface area contributed by atoms with E-state index in [1.807, 2.05) is 11.9 Å². The Morgan fingerprint density at radius 2 is 1.52 bits per heavy atom. The third kappa shape index (κ3) is 3.85. The van der Waals surface area contributed by atoms with Crippen molar-refractivity contribution in [3.05, 3.63) is 34.4 Å². The minimum absolute atomic E-state index is 0.125. The second kappa shape index (κ2) is 5.80. The maximum atomic E-state index is 11.4. The first kappa shape index (κ1) is 17.7. The van der Waals surface area contributed by atoms with Crippen molar-refractivity contribution in [1.29, 1.82) is 0 Å². The van der Waals surface area contributed by atoms with Crippen molar-refractivity contribution >= 4 is 5.97 Å². The maximum absolute atomic E-state index is 11.4. The van der Waals surface area contributed by atoms with Crippen LogP contribution in [0, 0.1) is 13.8 Å². The zero-order valence-corrected chi connectivity index (χ0v) is 14.7. The van der Waals surface area contributed by atoms with Gasteiger partial charge in [0.05, 0.1) is 0 Å². The van der Waals surface area contributed by atoms with Crippen molar-refractivity contribution in [1.82, 2.24) is 4.90 Å². The Hall–Kier alpha value is -1.35. The van der Waals surface area contributed by atoms with Crippen molar-refractivity contribution in [3.8, 4) is 0 Å². The van der Waals surface area contributed by atoms with Crippen LogP contribution in [0.2, 0.25) is 0 Å². The van der Waals surface area contributed by atoms with Crippen LogP contribution < -0.4 is 0 Å². The second-order valence-corrected chi connectivity index (χ2v) is 7.56. The van der Waals surface area contributed by atoms with Gasteiger partial charge >= 0.3 is 5.97 Å². The SMILES string of the molecule is Cc1cc(C(C)(C)C)cc(C)c1CN(C)C(C)(C)C(=O)O. The highest BCUT2D eigenvalue weighted by Gasteiger charge is 2.32. The van der Waals surface area contributed by atoms with Crippen LogP contribution in [0.25, 0.3) is 0 Å². The number of carboxylic acids is 1. The van der Waals surface area contributed by atoms with Crippen molar-refractivity contribution in [3.63, 3.8) is 0 Å². The molecule has 3 heteroatoms. The lowest BCUT2D eigenvalue weighted by atomic mass is 9.83. The van der Waals surface area contributed by atoms with Crippen molar-refractivity contribution in [2.45, 2.75) is 66.0 Å². The minimum Gasteiger partial charge on any atom is -0.480 e. The first-order valence-corrected chi connectivity index (χ1v) is 7.42. The van der Waals surface area contributed by atoms with Gasteiger partial charge in [-0.3, -0.25) is 9.69 Å². The lowest BCUT2D eigenvalue weighted by Gasteiger charge is -2.33. The highest BCUT2D eigenvalue weighted by Crippen LogP contribution is 2.28. The predicted molar refractivity (Wildman–Crippen MR) is 87.8 cm³/mol. The van der Waals surface area contributed by atoms with Crippen LogP contribution >= 0.6 is 0 Å². The lowest BCUT2D eigenvalue weighted by molar-refractivity contribution is -0.148. The minimum atomic E-state index is -0.873. The topological polar surface area (TPSA) is 40.5 Å². The van der Waals surface area contributed by atoms with Crippen LogP contribution in [0.1, 0.15) is 56.9 Å². The van der Waals surface area contributed by atoms with Crippen LogP contribution in [-0.4, -0.2) is 28.6 Å². The summed E-state index contributed by atoms with van der Waals surface area (Å²) in [5.74, 6) is -0.799. The molecule has 1 N–H and O–H groups in total. The average Bonchev–Trinajstić information content (AvgIpc) is 2.31. The number of carboxylic acid groups (broad SMARTS) is 1. The molecule has 0 unspecified atom stereocenters. The van der Waals surface area contributed by atoms with E-state index in [4.69, 9.17) is 0 Å². The molecule has 0 heterocycles. The third-order valence-electron chi connectivity index (χ3n) is 4.44. The average molecular weight is 291 g/mol. The molecule has 0 atom stereocenters. The van der Waals surface area contributed by atoms with Crippen molar-refractivity contribution in [2.75, 3.05) is 7.05 Å². The smallest absolute Gasteiger partial charge is 0.323 e. The largest absolute Gasteiger partial charge is 0.480 e. The molecular weight excluding hydrogens is 262 g/mol. The molecule has 0 aromatic heterocycles. The number of rotatable bonds is 4. The lowest BCUT2D eigenvalue weighted by Crippen LogP contribution is -2.47. The fraction of sp³-hybridized carbons (Fsp3) is 0.611. The van der Waals surface area contributed by atoms with Gasteiger partial charge in [-0.15, -0.1) is 0 Å². The molecule has 0 amide bonds. The molecule has 0 spiro atoms. The van der Waals surface area contributed by atoms with Crippen LogP contribution in [0.5, 0.6) is 0 Å². The summed E-state index contributed by atoms with van der Waals surface area (Å²) in [5.41, 5.74) is 4.25. The van der Waals surface area contributed by atoms with E-state index < -0.39 is 11.5 Å². The van der Waals surface area contributed by atoms with Crippen molar-refractivity contribution in [2.24, 2.45) is 0 Å². The molecule has 1 rings (SSSR count). The highest BCUT2D eigenvalue weighted by atomic mass is 16.4. The molecule has 0 aliphatic carbocycles. The number of hydrogen-bond donors (Lipinski definition) is 1. The molecule has 118 valence electrons. The summed E-state index contributed by atoms with van der Waals surface area (Å²) in [6.45, 7) is 15.0. The molecule has 0 aliphatic heterocycles. The van der Waals surface area contributed by atoms with E-state index in [1.165, 1.54) is 22.3 Å². The first-order valence-electron chi connectivity index (χ1n) is 7.42. The van der Waals surface area contributed by atoms with Gasteiger partial charge in [0.2, 0.25) is 0 Å². The van der Waals surface area contributed by atoms with Crippen LogP contribution in [0.3, 0.4) is 0 Å². The third-order valence-corrected chi connectivity index (χ3v) is 4.44. The van der Waals surface area contributed by atoms with E-state index in [1.54, 1.807) is 13.8 Å². The summed E-state index contributed by atoms with van der Waals surface area (Å²) in [5, 5.41) is 9.34. The van der Waals surface area contributed by atoms with Crippen molar-refractivity contribution < 1.29 is 9.90 Å². The standard InChI is InChI=1S/C18H29NO2/c1-12-9-14(17(3,4)5)10-13(2)15(12)11-19(8)18(6,7)16(20)21/h9-10H,11H2,1-8H3,(H,20,21). The van der Waals surface area contributed by atoms with Gasteiger partial charge in [-0.1, -0.05) is 32.9 Å². The van der Waals surface area contributed by atoms with Gasteiger partial charge in [0.15, 0.2) is 0 Å². The van der Waals surface area contributed by atoms with E-state index in [9.17, 15) is 9.90 Å². The van der Waals surface area contributed by atoms with Gasteiger partial charge in [0, 0.05) is 6.54 Å². The summed E-state index contributed by atoms with van der Waals surface area (Å²) in [6.07, 6.45) is 0. The zero-order chi connectivity index (χ0) is 16.6. The normalized spacial score (nSPS) is 12.8. The van der Waals surface area contributed by atoms with Crippen LogP contribution in [-0.2, 0) is 16.8 Å².